The molecule has 2 heterocycles. The van der Waals surface area contributed by atoms with Crippen molar-refractivity contribution in [2.24, 2.45) is 21.2 Å². The summed E-state index contributed by atoms with van der Waals surface area (Å²) >= 11 is 0. The molecule has 0 spiro atoms. The van der Waals surface area contributed by atoms with Gasteiger partial charge in [-0.2, -0.15) is 0 Å². The van der Waals surface area contributed by atoms with Crippen LogP contribution in [0.1, 0.15) is 10.5 Å². The summed E-state index contributed by atoms with van der Waals surface area (Å²) in [4.78, 5) is 27.7. The third-order valence-electron chi connectivity index (χ3n) is 2.95. The van der Waals surface area contributed by atoms with Crippen molar-refractivity contribution in [3.8, 4) is 0 Å². The number of pyridine rings is 1. The first-order valence-electron chi connectivity index (χ1n) is 5.96. The number of aromatic nitrogens is 1. The van der Waals surface area contributed by atoms with E-state index in [0.29, 0.717) is 5.39 Å². The lowest BCUT2D eigenvalue weighted by Gasteiger charge is -2.17. The first kappa shape index (κ1) is 12.9. The van der Waals surface area contributed by atoms with Crippen LogP contribution in [0, 0.1) is 0 Å². The van der Waals surface area contributed by atoms with Gasteiger partial charge in [-0.05, 0) is 16.7 Å². The number of benzene rings is 1. The molecule has 0 aliphatic carbocycles. The van der Waals surface area contributed by atoms with Gasteiger partial charge in [0.1, 0.15) is 6.21 Å². The predicted molar refractivity (Wildman–Crippen MR) is 72.4 cm³/mol. The van der Waals surface area contributed by atoms with E-state index in [1.165, 1.54) is 6.20 Å². The summed E-state index contributed by atoms with van der Waals surface area (Å²) in [6.07, 6.45) is 2.44. The van der Waals surface area contributed by atoms with E-state index >= 15 is 0 Å². The van der Waals surface area contributed by atoms with E-state index in [1.54, 1.807) is 18.2 Å². The maximum absolute atomic E-state index is 12.3. The van der Waals surface area contributed by atoms with Crippen molar-refractivity contribution in [3.63, 3.8) is 0 Å². The highest BCUT2D eigenvalue weighted by Crippen LogP contribution is 2.22. The molecule has 104 valence electrons. The number of esters is 1. The molecule has 1 unspecified atom stereocenters. The van der Waals surface area contributed by atoms with Gasteiger partial charge in [-0.15, -0.1) is 10.2 Å². The number of nitrogens with two attached hydrogens (primary N) is 1. The predicted octanol–water partition coefficient (Wildman–Crippen LogP) is 1.02. The summed E-state index contributed by atoms with van der Waals surface area (Å²) in [5.74, 6) is -1.82. The maximum Gasteiger partial charge on any atom is 0.360 e. The van der Waals surface area contributed by atoms with Crippen LogP contribution >= 0.6 is 0 Å². The fraction of sp³-hybridized carbons (Fsp3) is 0.0769. The van der Waals surface area contributed by atoms with Gasteiger partial charge in [0.2, 0.25) is 0 Å². The van der Waals surface area contributed by atoms with Gasteiger partial charge in [-0.25, -0.2) is 9.78 Å². The summed E-state index contributed by atoms with van der Waals surface area (Å²) < 4.78 is 5.07. The average Bonchev–Trinajstić information content (AvgIpc) is 2.96. The lowest BCUT2D eigenvalue weighted by atomic mass is 10.1. The minimum atomic E-state index is -2.00. The fourth-order valence-corrected chi connectivity index (χ4v) is 1.90. The van der Waals surface area contributed by atoms with Crippen molar-refractivity contribution < 1.29 is 14.3 Å². The largest absolute Gasteiger partial charge is 0.415 e. The molecular weight excluding hydrogens is 274 g/mol. The van der Waals surface area contributed by atoms with Crippen molar-refractivity contribution >= 4 is 28.9 Å². The minimum Gasteiger partial charge on any atom is -0.415 e. The Balaban J connectivity index is 2.00. The van der Waals surface area contributed by atoms with Crippen LogP contribution in [0.25, 0.3) is 10.8 Å². The van der Waals surface area contributed by atoms with E-state index in [1.807, 2.05) is 12.1 Å². The molecule has 1 amide bonds. The average molecular weight is 283 g/mol. The quantitative estimate of drug-likeness (QED) is 0.845. The molecule has 21 heavy (non-hydrogen) atoms. The molecule has 0 bridgehead atoms. The molecule has 2 aromatic rings. The second-order valence-corrected chi connectivity index (χ2v) is 4.26. The molecule has 1 atom stereocenters. The highest BCUT2D eigenvalue weighted by molar-refractivity contribution is 6.07. The Kier molecular flexibility index (Phi) is 2.90. The normalized spacial score (nSPS) is 19.8. The SMILES string of the molecule is NC(=O)C1(OC(=O)c2nccc3ccccc23)C=NN=N1. The van der Waals surface area contributed by atoms with Gasteiger partial charge in [-0.1, -0.05) is 24.3 Å². The van der Waals surface area contributed by atoms with Gasteiger partial charge in [0, 0.05) is 11.6 Å². The molecule has 3 rings (SSSR count). The Labute approximate surface area is 118 Å². The van der Waals surface area contributed by atoms with Crippen LogP contribution in [0.4, 0.5) is 0 Å². The molecule has 8 heteroatoms. The zero-order valence-corrected chi connectivity index (χ0v) is 10.6. The zero-order valence-electron chi connectivity index (χ0n) is 10.6. The molecule has 2 N–H and O–H groups in total. The van der Waals surface area contributed by atoms with Gasteiger partial charge in [0.15, 0.2) is 5.69 Å². The van der Waals surface area contributed by atoms with Gasteiger partial charge in [0.05, 0.1) is 0 Å². The van der Waals surface area contributed by atoms with Gasteiger partial charge < -0.3 is 10.5 Å². The van der Waals surface area contributed by atoms with Crippen LogP contribution in [0.2, 0.25) is 0 Å². The third kappa shape index (κ3) is 2.12. The summed E-state index contributed by atoms with van der Waals surface area (Å²) in [5.41, 5.74) is 3.25. The molecule has 0 saturated carbocycles. The molecule has 1 aliphatic heterocycles. The highest BCUT2D eigenvalue weighted by Gasteiger charge is 2.43. The fourth-order valence-electron chi connectivity index (χ4n) is 1.90. The van der Waals surface area contributed by atoms with Crippen LogP contribution < -0.4 is 5.73 Å². The zero-order chi connectivity index (χ0) is 14.9. The van der Waals surface area contributed by atoms with Crippen molar-refractivity contribution in [1.82, 2.24) is 4.98 Å². The summed E-state index contributed by atoms with van der Waals surface area (Å²) in [6.45, 7) is 0. The van der Waals surface area contributed by atoms with Crippen molar-refractivity contribution in [1.29, 1.82) is 0 Å². The Morgan fingerprint density at radius 2 is 2.00 bits per heavy atom. The number of nitrogens with zero attached hydrogens (tertiary/aromatic N) is 4. The molecule has 0 saturated heterocycles. The first-order chi connectivity index (χ1) is 10.1. The summed E-state index contributed by atoms with van der Waals surface area (Å²) in [6, 6.07) is 8.91. The third-order valence-corrected chi connectivity index (χ3v) is 2.95. The van der Waals surface area contributed by atoms with Gasteiger partial charge >= 0.3 is 11.7 Å². The Bertz CT molecular complexity index is 782. The Hall–Kier alpha value is -3.16. The number of fused-ring (bicyclic) bond motifs is 1. The number of carbonyl (C=O) groups is 2. The van der Waals surface area contributed by atoms with Crippen LogP contribution in [0.3, 0.4) is 0 Å². The molecule has 0 fully saturated rings. The first-order valence-corrected chi connectivity index (χ1v) is 5.96. The van der Waals surface area contributed by atoms with Crippen LogP contribution in [0.15, 0.2) is 52.0 Å². The Morgan fingerprint density at radius 1 is 1.19 bits per heavy atom. The topological polar surface area (TPSA) is 119 Å². The monoisotopic (exact) mass is 283 g/mol. The second kappa shape index (κ2) is 4.75. The number of ether oxygens (including phenoxy) is 1. The minimum absolute atomic E-state index is 0.0595. The smallest absolute Gasteiger partial charge is 0.360 e. The molecule has 0 radical (unpaired) electrons. The summed E-state index contributed by atoms with van der Waals surface area (Å²) in [7, 11) is 0. The van der Waals surface area contributed by atoms with E-state index in [0.717, 1.165) is 11.6 Å². The molecule has 1 aliphatic rings. The van der Waals surface area contributed by atoms with E-state index in [-0.39, 0.29) is 5.69 Å². The lowest BCUT2D eigenvalue weighted by Crippen LogP contribution is -2.46. The number of carbonyl (C=O) groups excluding carboxylic acids is 2. The standard InChI is InChI=1S/C13H9N5O3/c14-12(20)13(7-16-18-17-13)21-11(19)10-9-4-2-1-3-8(9)5-6-15-10/h1-7H,(H2,14,20). The Morgan fingerprint density at radius 3 is 2.71 bits per heavy atom. The molecule has 1 aromatic heterocycles. The van der Waals surface area contributed by atoms with Crippen molar-refractivity contribution in [2.45, 2.75) is 5.72 Å². The van der Waals surface area contributed by atoms with Gasteiger partial charge in [0.25, 0.3) is 5.91 Å². The van der Waals surface area contributed by atoms with Crippen molar-refractivity contribution in [2.75, 3.05) is 0 Å². The van der Waals surface area contributed by atoms with Crippen molar-refractivity contribution in [3.05, 3.63) is 42.2 Å². The number of primary amides is 1. The van der Waals surface area contributed by atoms with Crippen LogP contribution in [0.5, 0.6) is 0 Å². The summed E-state index contributed by atoms with van der Waals surface area (Å²) in [5, 5.41) is 11.5. The molecule has 1 aromatic carbocycles. The molecular formula is C13H9N5O3. The van der Waals surface area contributed by atoms with E-state index in [2.05, 4.69) is 20.4 Å². The molecule has 8 nitrogen and oxygen atoms in total. The van der Waals surface area contributed by atoms with Crippen LogP contribution in [-0.4, -0.2) is 28.8 Å². The lowest BCUT2D eigenvalue weighted by molar-refractivity contribution is -0.130. The highest BCUT2D eigenvalue weighted by atomic mass is 16.6. The number of rotatable bonds is 3. The number of hydrogen-bond acceptors (Lipinski definition) is 7. The number of hydrogen-bond donors (Lipinski definition) is 1. The maximum atomic E-state index is 12.3. The number of amides is 1. The second-order valence-electron chi connectivity index (χ2n) is 4.26. The van der Waals surface area contributed by atoms with Crippen LogP contribution in [-0.2, 0) is 9.53 Å². The van der Waals surface area contributed by atoms with E-state index < -0.39 is 17.6 Å². The van der Waals surface area contributed by atoms with Gasteiger partial charge in [-0.3, -0.25) is 4.79 Å². The van der Waals surface area contributed by atoms with E-state index in [9.17, 15) is 9.59 Å². The van der Waals surface area contributed by atoms with E-state index in [4.69, 9.17) is 10.5 Å².